The lowest BCUT2D eigenvalue weighted by Gasteiger charge is -2.37. The molecule has 2 atom stereocenters. The van der Waals surface area contributed by atoms with Crippen molar-refractivity contribution in [3.05, 3.63) is 0 Å². The molecule has 0 amide bonds. The molecule has 1 saturated carbocycles. The Morgan fingerprint density at radius 1 is 1.27 bits per heavy atom. The number of hydrogen-bond acceptors (Lipinski definition) is 2. The molecular formula is C13H26N2. The number of rotatable bonds is 5. The second-order valence-corrected chi connectivity index (χ2v) is 5.46. The van der Waals surface area contributed by atoms with Crippen LogP contribution in [0.2, 0.25) is 0 Å². The summed E-state index contributed by atoms with van der Waals surface area (Å²) >= 11 is 0. The van der Waals surface area contributed by atoms with Crippen LogP contribution in [-0.2, 0) is 0 Å². The van der Waals surface area contributed by atoms with E-state index in [2.05, 4.69) is 24.1 Å². The maximum atomic E-state index is 3.61. The van der Waals surface area contributed by atoms with E-state index >= 15 is 0 Å². The Balaban J connectivity index is 1.67. The molecule has 0 aromatic rings. The van der Waals surface area contributed by atoms with Crippen LogP contribution in [0.5, 0.6) is 0 Å². The Hall–Kier alpha value is -0.0800. The SMILES string of the molecule is CCNC1CCN(CCC2CC2)CC1C. The third-order valence-corrected chi connectivity index (χ3v) is 4.01. The monoisotopic (exact) mass is 210 g/mol. The molecule has 1 saturated heterocycles. The van der Waals surface area contributed by atoms with Gasteiger partial charge in [0.05, 0.1) is 0 Å². The van der Waals surface area contributed by atoms with E-state index in [9.17, 15) is 0 Å². The summed E-state index contributed by atoms with van der Waals surface area (Å²) < 4.78 is 0. The highest BCUT2D eigenvalue weighted by Crippen LogP contribution is 2.32. The van der Waals surface area contributed by atoms with E-state index in [1.54, 1.807) is 0 Å². The lowest BCUT2D eigenvalue weighted by atomic mass is 9.93. The van der Waals surface area contributed by atoms with Gasteiger partial charge in [-0.3, -0.25) is 0 Å². The quantitative estimate of drug-likeness (QED) is 0.747. The van der Waals surface area contributed by atoms with Crippen LogP contribution in [0, 0.1) is 11.8 Å². The minimum atomic E-state index is 0.771. The first-order chi connectivity index (χ1) is 7.29. The Morgan fingerprint density at radius 2 is 2.07 bits per heavy atom. The van der Waals surface area contributed by atoms with Gasteiger partial charge in [-0.1, -0.05) is 26.7 Å². The molecule has 0 radical (unpaired) electrons. The van der Waals surface area contributed by atoms with E-state index in [4.69, 9.17) is 0 Å². The van der Waals surface area contributed by atoms with Gasteiger partial charge in [-0.05, 0) is 44.3 Å². The topological polar surface area (TPSA) is 15.3 Å². The number of piperidine rings is 1. The third kappa shape index (κ3) is 3.46. The molecule has 2 unspecified atom stereocenters. The predicted octanol–water partition coefficient (Wildman–Crippen LogP) is 2.11. The van der Waals surface area contributed by atoms with Gasteiger partial charge in [0, 0.05) is 12.6 Å². The maximum absolute atomic E-state index is 3.61. The molecule has 2 rings (SSSR count). The highest BCUT2D eigenvalue weighted by Gasteiger charge is 2.27. The molecule has 2 nitrogen and oxygen atoms in total. The van der Waals surface area contributed by atoms with Gasteiger partial charge in [-0.15, -0.1) is 0 Å². The summed E-state index contributed by atoms with van der Waals surface area (Å²) in [6.07, 6.45) is 5.81. The summed E-state index contributed by atoms with van der Waals surface area (Å²) in [5, 5.41) is 3.61. The van der Waals surface area contributed by atoms with E-state index in [0.29, 0.717) is 0 Å². The maximum Gasteiger partial charge on any atom is 0.0117 e. The summed E-state index contributed by atoms with van der Waals surface area (Å²) in [4.78, 5) is 2.68. The smallest absolute Gasteiger partial charge is 0.0117 e. The normalized spacial score (nSPS) is 33.2. The van der Waals surface area contributed by atoms with E-state index < -0.39 is 0 Å². The lowest BCUT2D eigenvalue weighted by Crippen LogP contribution is -2.48. The van der Waals surface area contributed by atoms with E-state index in [-0.39, 0.29) is 0 Å². The summed E-state index contributed by atoms with van der Waals surface area (Å²) in [7, 11) is 0. The molecule has 0 aromatic heterocycles. The van der Waals surface area contributed by atoms with Crippen molar-refractivity contribution in [2.75, 3.05) is 26.2 Å². The predicted molar refractivity (Wildman–Crippen MR) is 65.0 cm³/mol. The van der Waals surface area contributed by atoms with Crippen molar-refractivity contribution in [1.82, 2.24) is 10.2 Å². The number of hydrogen-bond donors (Lipinski definition) is 1. The first-order valence-electron chi connectivity index (χ1n) is 6.75. The van der Waals surface area contributed by atoms with Crippen molar-refractivity contribution in [2.24, 2.45) is 11.8 Å². The van der Waals surface area contributed by atoms with Gasteiger partial charge in [-0.2, -0.15) is 0 Å². The zero-order valence-corrected chi connectivity index (χ0v) is 10.3. The van der Waals surface area contributed by atoms with E-state index in [1.165, 1.54) is 45.3 Å². The standard InChI is InChI=1S/C13H26N2/c1-3-14-13-7-9-15(10-11(13)2)8-6-12-4-5-12/h11-14H,3-10H2,1-2H3. The average Bonchev–Trinajstić information content (AvgIpc) is 3.03. The molecule has 15 heavy (non-hydrogen) atoms. The lowest BCUT2D eigenvalue weighted by molar-refractivity contribution is 0.145. The third-order valence-electron chi connectivity index (χ3n) is 4.01. The molecule has 0 aromatic carbocycles. The van der Waals surface area contributed by atoms with Gasteiger partial charge in [0.25, 0.3) is 0 Å². The van der Waals surface area contributed by atoms with E-state index in [0.717, 1.165) is 24.4 Å². The van der Waals surface area contributed by atoms with Crippen molar-refractivity contribution in [2.45, 2.75) is 45.6 Å². The fourth-order valence-corrected chi connectivity index (χ4v) is 2.77. The van der Waals surface area contributed by atoms with E-state index in [1.807, 2.05) is 0 Å². The first-order valence-corrected chi connectivity index (χ1v) is 6.75. The van der Waals surface area contributed by atoms with Gasteiger partial charge in [0.15, 0.2) is 0 Å². The van der Waals surface area contributed by atoms with Gasteiger partial charge in [-0.25, -0.2) is 0 Å². The first kappa shape index (κ1) is 11.4. The number of likely N-dealkylation sites (tertiary alicyclic amines) is 1. The van der Waals surface area contributed by atoms with Crippen LogP contribution in [0.15, 0.2) is 0 Å². The van der Waals surface area contributed by atoms with Gasteiger partial charge < -0.3 is 10.2 Å². The summed E-state index contributed by atoms with van der Waals surface area (Å²) in [6.45, 7) is 9.72. The van der Waals surface area contributed by atoms with Crippen molar-refractivity contribution < 1.29 is 0 Å². The molecule has 88 valence electrons. The van der Waals surface area contributed by atoms with Crippen LogP contribution in [0.4, 0.5) is 0 Å². The zero-order valence-electron chi connectivity index (χ0n) is 10.3. The van der Waals surface area contributed by atoms with Crippen LogP contribution in [0.25, 0.3) is 0 Å². The number of nitrogens with zero attached hydrogens (tertiary/aromatic N) is 1. The Bertz CT molecular complexity index is 189. The average molecular weight is 210 g/mol. The molecule has 2 aliphatic rings. The molecule has 1 N–H and O–H groups in total. The zero-order chi connectivity index (χ0) is 10.7. The minimum absolute atomic E-state index is 0.771. The van der Waals surface area contributed by atoms with Crippen molar-refractivity contribution >= 4 is 0 Å². The highest BCUT2D eigenvalue weighted by molar-refractivity contribution is 4.83. The van der Waals surface area contributed by atoms with Gasteiger partial charge >= 0.3 is 0 Å². The molecule has 2 heteroatoms. The van der Waals surface area contributed by atoms with Crippen LogP contribution in [-0.4, -0.2) is 37.1 Å². The molecule has 2 fully saturated rings. The Labute approximate surface area is 94.4 Å². The molecule has 0 spiro atoms. The number of nitrogens with one attached hydrogen (secondary N) is 1. The van der Waals surface area contributed by atoms with Crippen LogP contribution in [0.3, 0.4) is 0 Å². The van der Waals surface area contributed by atoms with Crippen molar-refractivity contribution in [3.63, 3.8) is 0 Å². The second kappa shape index (κ2) is 5.31. The largest absolute Gasteiger partial charge is 0.314 e. The van der Waals surface area contributed by atoms with Crippen molar-refractivity contribution in [1.29, 1.82) is 0 Å². The molecular weight excluding hydrogens is 184 g/mol. The highest BCUT2D eigenvalue weighted by atomic mass is 15.1. The second-order valence-electron chi connectivity index (χ2n) is 5.46. The summed E-state index contributed by atoms with van der Waals surface area (Å²) in [6, 6.07) is 0.771. The molecule has 0 bridgehead atoms. The molecule has 1 heterocycles. The fourth-order valence-electron chi connectivity index (χ4n) is 2.77. The summed E-state index contributed by atoms with van der Waals surface area (Å²) in [5.41, 5.74) is 0. The van der Waals surface area contributed by atoms with Crippen LogP contribution < -0.4 is 5.32 Å². The van der Waals surface area contributed by atoms with Gasteiger partial charge in [0.1, 0.15) is 0 Å². The summed E-state index contributed by atoms with van der Waals surface area (Å²) in [5.74, 6) is 1.92. The van der Waals surface area contributed by atoms with Crippen molar-refractivity contribution in [3.8, 4) is 0 Å². The molecule has 1 aliphatic heterocycles. The minimum Gasteiger partial charge on any atom is -0.314 e. The van der Waals surface area contributed by atoms with Gasteiger partial charge in [0.2, 0.25) is 0 Å². The Morgan fingerprint density at radius 3 is 2.67 bits per heavy atom. The van der Waals surface area contributed by atoms with Crippen LogP contribution >= 0.6 is 0 Å². The van der Waals surface area contributed by atoms with Crippen LogP contribution in [0.1, 0.15) is 39.5 Å². The Kier molecular flexibility index (Phi) is 4.04. The fraction of sp³-hybridized carbons (Fsp3) is 1.00. The molecule has 1 aliphatic carbocycles.